The van der Waals surface area contributed by atoms with Crippen LogP contribution in [0.2, 0.25) is 0 Å². The topological polar surface area (TPSA) is 75.6 Å². The smallest absolute Gasteiger partial charge is 0.394 e. The van der Waals surface area contributed by atoms with E-state index < -0.39 is 11.9 Å². The number of ether oxygens (including phenoxy) is 1. The van der Waals surface area contributed by atoms with Gasteiger partial charge in [-0.1, -0.05) is 13.8 Å². The molecule has 0 unspecified atom stereocenters. The number of aliphatic carboxylic acids is 1. The van der Waals surface area contributed by atoms with Crippen LogP contribution in [0.4, 0.5) is 0 Å². The molecule has 1 amide bonds. The van der Waals surface area contributed by atoms with Gasteiger partial charge in [0.1, 0.15) is 0 Å². The van der Waals surface area contributed by atoms with Crippen molar-refractivity contribution in [2.45, 2.75) is 13.8 Å². The molecular formula is C8H15NO4. The maximum atomic E-state index is 10.5. The van der Waals surface area contributed by atoms with E-state index in [1.807, 2.05) is 13.8 Å². The third kappa shape index (κ3) is 7.27. The normalized spacial score (nSPS) is 10.1. The van der Waals surface area contributed by atoms with Crippen molar-refractivity contribution in [3.63, 3.8) is 0 Å². The van der Waals surface area contributed by atoms with E-state index in [0.29, 0.717) is 19.1 Å². The molecule has 0 aliphatic carbocycles. The maximum absolute atomic E-state index is 10.5. The second-order valence-corrected chi connectivity index (χ2v) is 3.03. The molecule has 0 aromatic heterocycles. The minimum atomic E-state index is -1.47. The van der Waals surface area contributed by atoms with E-state index in [1.54, 1.807) is 0 Å². The Morgan fingerprint density at radius 2 is 2.08 bits per heavy atom. The molecule has 0 bridgehead atoms. The van der Waals surface area contributed by atoms with Crippen LogP contribution in [-0.2, 0) is 14.3 Å². The van der Waals surface area contributed by atoms with Gasteiger partial charge in [0.15, 0.2) is 0 Å². The van der Waals surface area contributed by atoms with E-state index in [9.17, 15) is 9.59 Å². The number of carbonyl (C=O) groups is 2. The van der Waals surface area contributed by atoms with Gasteiger partial charge in [-0.15, -0.1) is 0 Å². The van der Waals surface area contributed by atoms with Crippen LogP contribution in [0, 0.1) is 5.92 Å². The maximum Gasteiger partial charge on any atom is 0.394 e. The van der Waals surface area contributed by atoms with E-state index in [2.05, 4.69) is 5.32 Å². The monoisotopic (exact) mass is 189 g/mol. The molecule has 0 rings (SSSR count). The van der Waals surface area contributed by atoms with Gasteiger partial charge in [0.05, 0.1) is 6.61 Å². The van der Waals surface area contributed by atoms with Gasteiger partial charge >= 0.3 is 11.9 Å². The third-order valence-electron chi connectivity index (χ3n) is 1.18. The standard InChI is InChI=1S/C8H15NO4/c1-6(2)5-13-4-3-9-7(10)8(11)12/h6H,3-5H2,1-2H3,(H,9,10)(H,11,12). The van der Waals surface area contributed by atoms with Crippen molar-refractivity contribution in [2.24, 2.45) is 5.92 Å². The van der Waals surface area contributed by atoms with Gasteiger partial charge < -0.3 is 15.2 Å². The van der Waals surface area contributed by atoms with Gasteiger partial charge in [-0.2, -0.15) is 0 Å². The molecule has 0 fully saturated rings. The fraction of sp³-hybridized carbons (Fsp3) is 0.750. The summed E-state index contributed by atoms with van der Waals surface area (Å²) in [5.74, 6) is -2.02. The molecule has 0 radical (unpaired) electrons. The molecule has 0 aromatic rings. The number of rotatable bonds is 5. The lowest BCUT2D eigenvalue weighted by atomic mass is 10.2. The van der Waals surface area contributed by atoms with Crippen LogP contribution in [0.1, 0.15) is 13.8 Å². The Hall–Kier alpha value is -1.10. The van der Waals surface area contributed by atoms with Crippen LogP contribution in [0.3, 0.4) is 0 Å². The van der Waals surface area contributed by atoms with Gasteiger partial charge in [-0.25, -0.2) is 4.79 Å². The first-order valence-electron chi connectivity index (χ1n) is 4.13. The lowest BCUT2D eigenvalue weighted by molar-refractivity contribution is -0.150. The first kappa shape index (κ1) is 11.9. The predicted octanol–water partition coefficient (Wildman–Crippen LogP) is -0.140. The highest BCUT2D eigenvalue weighted by molar-refractivity contribution is 6.31. The van der Waals surface area contributed by atoms with E-state index in [1.165, 1.54) is 0 Å². The average molecular weight is 189 g/mol. The lowest BCUT2D eigenvalue weighted by Crippen LogP contribution is -2.33. The highest BCUT2D eigenvalue weighted by Crippen LogP contribution is 1.90. The fourth-order valence-corrected chi connectivity index (χ4v) is 0.631. The van der Waals surface area contributed by atoms with Crippen LogP contribution < -0.4 is 5.32 Å². The Labute approximate surface area is 77.1 Å². The van der Waals surface area contributed by atoms with Gasteiger partial charge in [0.25, 0.3) is 0 Å². The minimum absolute atomic E-state index is 0.234. The van der Waals surface area contributed by atoms with Gasteiger partial charge in [0.2, 0.25) is 0 Å². The lowest BCUT2D eigenvalue weighted by Gasteiger charge is -2.06. The predicted molar refractivity (Wildman–Crippen MR) is 46.3 cm³/mol. The van der Waals surface area contributed by atoms with Gasteiger partial charge in [-0.05, 0) is 5.92 Å². The first-order valence-corrected chi connectivity index (χ1v) is 4.13. The largest absolute Gasteiger partial charge is 0.474 e. The number of carbonyl (C=O) groups excluding carboxylic acids is 1. The number of hydrogen-bond acceptors (Lipinski definition) is 3. The fourth-order valence-electron chi connectivity index (χ4n) is 0.631. The molecule has 13 heavy (non-hydrogen) atoms. The first-order chi connectivity index (χ1) is 6.04. The minimum Gasteiger partial charge on any atom is -0.474 e. The number of nitrogens with one attached hydrogen (secondary N) is 1. The Morgan fingerprint density at radius 3 is 2.54 bits per heavy atom. The zero-order chi connectivity index (χ0) is 10.3. The molecule has 5 nitrogen and oxygen atoms in total. The van der Waals surface area contributed by atoms with E-state index in [0.717, 1.165) is 0 Å². The summed E-state index contributed by atoms with van der Waals surface area (Å²) < 4.78 is 5.12. The molecule has 0 aliphatic heterocycles. The quantitative estimate of drug-likeness (QED) is 0.466. The zero-order valence-electron chi connectivity index (χ0n) is 7.87. The summed E-state index contributed by atoms with van der Waals surface area (Å²) in [7, 11) is 0. The van der Waals surface area contributed by atoms with E-state index >= 15 is 0 Å². The van der Waals surface area contributed by atoms with Gasteiger partial charge in [0, 0.05) is 13.2 Å². The summed E-state index contributed by atoms with van der Waals surface area (Å²) in [6.07, 6.45) is 0. The second kappa shape index (κ2) is 6.42. The van der Waals surface area contributed by atoms with Crippen LogP contribution in [-0.4, -0.2) is 36.7 Å². The summed E-state index contributed by atoms with van der Waals surface area (Å²) in [5, 5.41) is 10.4. The number of hydrogen-bond donors (Lipinski definition) is 2. The summed E-state index contributed by atoms with van der Waals surface area (Å²) in [5.41, 5.74) is 0. The van der Waals surface area contributed by atoms with Gasteiger partial charge in [-0.3, -0.25) is 4.79 Å². The Balaban J connectivity index is 3.26. The van der Waals surface area contributed by atoms with Crippen molar-refractivity contribution in [1.82, 2.24) is 5.32 Å². The summed E-state index contributed by atoms with van der Waals surface area (Å²) in [6, 6.07) is 0. The van der Waals surface area contributed by atoms with Crippen LogP contribution in [0.25, 0.3) is 0 Å². The summed E-state index contributed by atoms with van der Waals surface area (Å²) >= 11 is 0. The van der Waals surface area contributed by atoms with Crippen molar-refractivity contribution >= 4 is 11.9 Å². The molecule has 0 atom stereocenters. The highest BCUT2D eigenvalue weighted by atomic mass is 16.5. The highest BCUT2D eigenvalue weighted by Gasteiger charge is 2.08. The Morgan fingerprint density at radius 1 is 1.46 bits per heavy atom. The van der Waals surface area contributed by atoms with E-state index in [-0.39, 0.29) is 6.54 Å². The molecule has 0 spiro atoms. The van der Waals surface area contributed by atoms with Crippen molar-refractivity contribution in [2.75, 3.05) is 19.8 Å². The van der Waals surface area contributed by atoms with Crippen LogP contribution in [0.5, 0.6) is 0 Å². The SMILES string of the molecule is CC(C)COCCNC(=O)C(=O)O. The molecule has 2 N–H and O–H groups in total. The van der Waals surface area contributed by atoms with Crippen molar-refractivity contribution in [3.8, 4) is 0 Å². The van der Waals surface area contributed by atoms with Crippen LogP contribution in [0.15, 0.2) is 0 Å². The molecule has 0 saturated carbocycles. The number of amides is 1. The third-order valence-corrected chi connectivity index (χ3v) is 1.18. The zero-order valence-corrected chi connectivity index (χ0v) is 7.87. The molecule has 0 aliphatic rings. The molecular weight excluding hydrogens is 174 g/mol. The summed E-state index contributed by atoms with van der Waals surface area (Å²) in [6.45, 7) is 5.21. The molecule has 0 aromatic carbocycles. The molecule has 76 valence electrons. The average Bonchev–Trinajstić information content (AvgIpc) is 2.02. The van der Waals surface area contributed by atoms with Crippen molar-refractivity contribution in [1.29, 1.82) is 0 Å². The van der Waals surface area contributed by atoms with Crippen molar-refractivity contribution in [3.05, 3.63) is 0 Å². The molecule has 0 saturated heterocycles. The number of carboxylic acid groups (broad SMARTS) is 1. The summed E-state index contributed by atoms with van der Waals surface area (Å²) in [4.78, 5) is 20.5. The Bertz CT molecular complexity index is 179. The molecule has 5 heteroatoms. The second-order valence-electron chi connectivity index (χ2n) is 3.03. The molecule has 0 heterocycles. The number of carboxylic acids is 1. The van der Waals surface area contributed by atoms with Crippen molar-refractivity contribution < 1.29 is 19.4 Å². The Kier molecular flexibility index (Phi) is 5.88. The van der Waals surface area contributed by atoms with E-state index in [4.69, 9.17) is 9.84 Å². The van der Waals surface area contributed by atoms with Crippen LogP contribution >= 0.6 is 0 Å².